The number of carbonyl (C=O) groups is 5. The van der Waals surface area contributed by atoms with Gasteiger partial charge in [0.1, 0.15) is 86.5 Å². The number of esters is 4. The van der Waals surface area contributed by atoms with Crippen molar-refractivity contribution in [3.63, 3.8) is 0 Å². The van der Waals surface area contributed by atoms with E-state index in [-0.39, 0.29) is 129 Å². The molecule has 8 unspecified atom stereocenters. The highest BCUT2D eigenvalue weighted by Gasteiger charge is 2.46. The number of fused-ring (bicyclic) bond motifs is 5. The Kier molecular flexibility index (Phi) is 33.1. The summed E-state index contributed by atoms with van der Waals surface area (Å²) in [6, 6.07) is 16.0. The zero-order chi connectivity index (χ0) is 98.8. The maximum atomic E-state index is 15.4. The van der Waals surface area contributed by atoms with Crippen molar-refractivity contribution in [3.8, 4) is 17.2 Å². The second kappa shape index (κ2) is 43.0. The molecule has 0 aliphatic carbocycles. The molecule has 0 saturated carbocycles. The molecule has 8 aromatic carbocycles. The summed E-state index contributed by atoms with van der Waals surface area (Å²) < 4.78 is 206. The second-order valence-electron chi connectivity index (χ2n) is 35.7. The number of hydrogen-bond acceptors (Lipinski definition) is 22. The summed E-state index contributed by atoms with van der Waals surface area (Å²) in [4.78, 5) is 63.9. The highest BCUT2D eigenvalue weighted by atomic mass is 19.2. The van der Waals surface area contributed by atoms with E-state index in [1.165, 1.54) is 145 Å². The first-order chi connectivity index (χ1) is 62.9. The number of hydrogen-bond donors (Lipinski definition) is 5. The normalized spacial score (nSPS) is 19.0. The van der Waals surface area contributed by atoms with Crippen molar-refractivity contribution < 1.29 is 126 Å². The quantitative estimate of drug-likeness (QED) is 0.00581. The van der Waals surface area contributed by atoms with Gasteiger partial charge in [0.05, 0.1) is 76.8 Å². The van der Waals surface area contributed by atoms with E-state index in [0.717, 1.165) is 90.8 Å². The Bertz CT molecular complexity index is 5880. The van der Waals surface area contributed by atoms with Crippen molar-refractivity contribution in [2.75, 3.05) is 54.6 Å². The van der Waals surface area contributed by atoms with Gasteiger partial charge in [-0.15, -0.1) is 0 Å². The van der Waals surface area contributed by atoms with Gasteiger partial charge in [-0.25, -0.2) is 71.9 Å². The number of alkyl halides is 4. The third-order valence-corrected chi connectivity index (χ3v) is 23.1. The van der Waals surface area contributed by atoms with Gasteiger partial charge in [0, 0.05) is 113 Å². The number of rotatable bonds is 23. The van der Waals surface area contributed by atoms with Crippen LogP contribution in [0.4, 0.5) is 52.7 Å². The van der Waals surface area contributed by atoms with Crippen LogP contribution in [0.1, 0.15) is 218 Å². The van der Waals surface area contributed by atoms with E-state index in [0.29, 0.717) is 81.9 Å². The Hall–Kier alpha value is -12.9. The average molecular weight is 1870 g/mol. The number of methoxy groups -OCH3 is 4. The molecule has 1 aromatic heterocycles. The molecule has 0 saturated heterocycles. The number of oxime groups is 2. The number of halogens is 12. The van der Waals surface area contributed by atoms with Gasteiger partial charge < -0.3 is 49.2 Å². The van der Waals surface area contributed by atoms with Crippen LogP contribution in [0.3, 0.4) is 0 Å². The Morgan fingerprint density at radius 2 is 0.701 bits per heavy atom. The Balaban J connectivity index is 0.000000185. The zero-order valence-electron chi connectivity index (χ0n) is 76.4. The molecule has 4 aliphatic heterocycles. The lowest BCUT2D eigenvalue weighted by molar-refractivity contribution is -0.135. The molecule has 13 rings (SSSR count). The van der Waals surface area contributed by atoms with Crippen molar-refractivity contribution in [1.29, 1.82) is 0 Å². The molecule has 0 amide bonds. The monoisotopic (exact) mass is 1870 g/mol. The first-order valence-corrected chi connectivity index (χ1v) is 42.5. The van der Waals surface area contributed by atoms with Gasteiger partial charge >= 0.3 is 23.9 Å². The topological polar surface area (TPSA) is 287 Å². The van der Waals surface area contributed by atoms with Gasteiger partial charge in [0.2, 0.25) is 0 Å². The molecule has 5 N–H and O–H groups in total. The summed E-state index contributed by atoms with van der Waals surface area (Å²) in [6.45, 7) is 18.2. The van der Waals surface area contributed by atoms with Crippen LogP contribution in [0.15, 0.2) is 142 Å². The van der Waals surface area contributed by atoms with Crippen molar-refractivity contribution in [1.82, 2.24) is 24.8 Å². The predicted molar refractivity (Wildman–Crippen MR) is 480 cm³/mol. The lowest BCUT2D eigenvalue weighted by Gasteiger charge is -2.44. The number of aromatic nitrogens is 1. The van der Waals surface area contributed by atoms with Crippen LogP contribution in [-0.2, 0) is 63.8 Å². The van der Waals surface area contributed by atoms with Crippen molar-refractivity contribution >= 4 is 77.9 Å². The molecular weight excluding hydrogens is 1770 g/mol. The van der Waals surface area contributed by atoms with Crippen LogP contribution >= 0.6 is 0 Å². The summed E-state index contributed by atoms with van der Waals surface area (Å²) in [5.74, 6) is -9.99. The molecular formula is C100H105F12N7O15. The summed E-state index contributed by atoms with van der Waals surface area (Å²) in [7, 11) is 4.78. The number of carbonyl (C=O) groups excluding carboxylic acids is 5. The Morgan fingerprint density at radius 3 is 1.01 bits per heavy atom. The first-order valence-electron chi connectivity index (χ1n) is 42.5. The molecule has 9 aromatic rings. The average Bonchev–Trinajstić information content (AvgIpc) is 0.931. The summed E-state index contributed by atoms with van der Waals surface area (Å²) in [5.41, 5.74) is -1.48. The highest BCUT2D eigenvalue weighted by Crippen LogP contribution is 2.49. The molecule has 0 spiro atoms. The van der Waals surface area contributed by atoms with Gasteiger partial charge in [-0.05, 0) is 285 Å². The number of aromatic hydroxyl groups is 3. The molecule has 0 bridgehead atoms. The van der Waals surface area contributed by atoms with Crippen LogP contribution in [0, 0.1) is 46.5 Å². The summed E-state index contributed by atoms with van der Waals surface area (Å²) >= 11 is 0. The molecule has 5 heterocycles. The van der Waals surface area contributed by atoms with Gasteiger partial charge in [-0.2, -0.15) is 0 Å². The van der Waals surface area contributed by atoms with E-state index < -0.39 is 117 Å². The molecule has 22 nitrogen and oxygen atoms in total. The molecule has 0 fully saturated rings. The molecule has 8 atom stereocenters. The van der Waals surface area contributed by atoms with Crippen LogP contribution in [0.25, 0.3) is 35.3 Å². The van der Waals surface area contributed by atoms with Gasteiger partial charge in [-0.1, -0.05) is 27.6 Å². The Morgan fingerprint density at radius 1 is 0.410 bits per heavy atom. The minimum Gasteiger partial charge on any atom is -0.507 e. The van der Waals surface area contributed by atoms with Gasteiger partial charge in [-0.3, -0.25) is 24.4 Å². The van der Waals surface area contributed by atoms with Crippen molar-refractivity contribution in [3.05, 3.63) is 280 Å². The number of phenolic OH excluding ortho intramolecular Hbond substituents is 3. The highest BCUT2D eigenvalue weighted by molar-refractivity contribution is 5.90. The zero-order valence-corrected chi connectivity index (χ0v) is 76.4. The predicted octanol–water partition coefficient (Wildman–Crippen LogP) is 19.6. The van der Waals surface area contributed by atoms with Crippen LogP contribution < -0.4 is 0 Å². The summed E-state index contributed by atoms with van der Waals surface area (Å²) in [5, 5.41) is 59.2. The summed E-state index contributed by atoms with van der Waals surface area (Å²) in [6.07, 6.45) is 15.0. The lowest BCUT2D eigenvalue weighted by Crippen LogP contribution is -2.48. The smallest absolute Gasteiger partial charge is 0.330 e. The first kappa shape index (κ1) is 103. The third kappa shape index (κ3) is 24.7. The molecule has 714 valence electrons. The fourth-order valence-electron chi connectivity index (χ4n) is 17.5. The fraction of sp³-hybridized carbons (Fsp3) is 0.360. The maximum Gasteiger partial charge on any atom is 0.330 e. The minimum absolute atomic E-state index is 0.0111. The number of ether oxygens (including phenoxy) is 4. The number of aldehydes is 1. The molecule has 134 heavy (non-hydrogen) atoms. The van der Waals surface area contributed by atoms with Gasteiger partial charge in [0.25, 0.3) is 0 Å². The van der Waals surface area contributed by atoms with E-state index in [2.05, 4.69) is 34.4 Å². The largest absolute Gasteiger partial charge is 0.507 e. The minimum atomic E-state index is -1.66. The number of benzene rings is 8. The van der Waals surface area contributed by atoms with Crippen molar-refractivity contribution in [2.24, 2.45) is 10.3 Å². The van der Waals surface area contributed by atoms with E-state index >= 15 is 35.1 Å². The molecule has 4 aliphatic rings. The standard InChI is InChI=1S/2C25H27F3N2O4.C25H25F3N2O3.C25H26F3NO4/c1-14-9-17-16(6-7-21(31)18(17)12-29-33)24(30(14)13-25(2,3)28)23-19(26)10-15(11-20(23)27)5-8-22(32)34-4;1-14-7-16-11-21(31)17(12-29-33)10-18(16)24(30(14)13-25(2,3)28)23-19(26)8-15(9-20(23)27)5-6-22(32)34-4;1-14-7-16-11-21-17(12-29-33-21)10-18(16)24(30(14)13-25(2,3)28)23-19(26)8-15(9-20(23)27)5-6-22(31)32-4;1-14-9-17-16(6-7-21(31)18(17)12-30)24(29(14)13-25(2,3)28)23-19(26)10-15(11-20(23)27)5-8-22(32)33-4/h5-8,10-12,14,24,31,33H,9,13H2,1-4H3;5-6,8-12,14,24,31,33H,7,13H2,1-4H3;5-6,8-12,14,24H,7,13H2,1-4H3;5-8,10-12,14,24,31H,9,13H2,1-4H3/b8-5+,29-12+;6-5+,29-12+;6-5+;8-5+. The SMILES string of the molecule is COC(=O)/C=C/c1cc(F)c(C2c3cc(/C=N/O)c(O)cc3CC(C)N2CC(C)(C)F)c(F)c1.COC(=O)/C=C/c1cc(F)c(C2c3cc4cnoc4cc3CC(C)N2CC(C)(C)F)c(F)c1.COC(=O)/C=C/c1cc(F)c(C2c3ccc(O)c(/C=N/O)c3CC(C)N2CC(C)(C)F)c(F)c1.COC(=O)/C=C/c1cc(F)c(C2c3ccc(O)c(C=O)c3CC(C)N2CC(C)(C)F)c(F)c1. The van der Waals surface area contributed by atoms with Crippen molar-refractivity contribution in [2.45, 2.75) is 180 Å². The van der Waals surface area contributed by atoms with Crippen LogP contribution in [0.5, 0.6) is 17.2 Å². The molecule has 0 radical (unpaired) electrons. The van der Waals surface area contributed by atoms with E-state index in [4.69, 9.17) is 14.9 Å². The lowest BCUT2D eigenvalue weighted by atomic mass is 9.81. The van der Waals surface area contributed by atoms with Crippen LogP contribution in [0.2, 0.25) is 0 Å². The maximum absolute atomic E-state index is 15.4. The number of phenols is 3. The third-order valence-electron chi connectivity index (χ3n) is 23.1. The van der Waals surface area contributed by atoms with Crippen LogP contribution in [-0.4, -0.2) is 195 Å². The number of nitrogens with zero attached hydrogens (tertiary/aromatic N) is 7. The van der Waals surface area contributed by atoms with Gasteiger partial charge in [0.15, 0.2) is 11.9 Å². The molecule has 34 heteroatoms. The fourth-order valence-corrected chi connectivity index (χ4v) is 17.5. The van der Waals surface area contributed by atoms with E-state index in [1.807, 2.05) is 19.9 Å². The van der Waals surface area contributed by atoms with E-state index in [9.17, 15) is 56.9 Å². The second-order valence-corrected chi connectivity index (χ2v) is 35.7. The Labute approximate surface area is 766 Å². The van der Waals surface area contributed by atoms with E-state index in [1.54, 1.807) is 45.7 Å².